The number of imidazole rings is 1. The Morgan fingerprint density at radius 1 is 1.63 bits per heavy atom. The van der Waals surface area contributed by atoms with Crippen molar-refractivity contribution in [3.05, 3.63) is 17.3 Å². The van der Waals surface area contributed by atoms with Crippen LogP contribution in [0.1, 0.15) is 0 Å². The lowest BCUT2D eigenvalue weighted by Gasteiger charge is -2.02. The largest absolute Gasteiger partial charge is 0.383 e. The highest BCUT2D eigenvalue weighted by Gasteiger charge is 2.07. The molecule has 0 fully saturated rings. The molecule has 8 heteroatoms. The van der Waals surface area contributed by atoms with E-state index in [-0.39, 0.29) is 11.7 Å². The Morgan fingerprint density at radius 2 is 2.47 bits per heavy atom. The number of methoxy groups -OCH3 is 1. The summed E-state index contributed by atoms with van der Waals surface area (Å²) < 4.78 is 4.85. The van der Waals surface area contributed by atoms with Crippen molar-refractivity contribution in [2.75, 3.05) is 26.0 Å². The highest BCUT2D eigenvalue weighted by molar-refractivity contribution is 7.99. The van der Waals surface area contributed by atoms with Gasteiger partial charge in [0.1, 0.15) is 0 Å². The van der Waals surface area contributed by atoms with Gasteiger partial charge in [0.25, 0.3) is 0 Å². The van der Waals surface area contributed by atoms with Crippen LogP contribution < -0.4 is 5.32 Å². The monoisotopic (exact) mass is 300 g/mol. The number of carbonyl (C=O) groups excluding carboxylic acids is 1. The molecule has 2 aromatic heterocycles. The highest BCUT2D eigenvalue weighted by atomic mass is 35.5. The van der Waals surface area contributed by atoms with Crippen LogP contribution >= 0.6 is 23.4 Å². The first-order chi connectivity index (χ1) is 9.19. The lowest BCUT2D eigenvalue weighted by atomic mass is 10.4. The van der Waals surface area contributed by atoms with E-state index in [1.54, 1.807) is 13.2 Å². The maximum atomic E-state index is 11.5. The Morgan fingerprint density at radius 3 is 3.26 bits per heavy atom. The lowest BCUT2D eigenvalue weighted by molar-refractivity contribution is -0.118. The molecule has 6 nitrogen and oxygen atoms in total. The zero-order valence-corrected chi connectivity index (χ0v) is 11.8. The van der Waals surface area contributed by atoms with Crippen molar-refractivity contribution in [3.8, 4) is 0 Å². The van der Waals surface area contributed by atoms with Gasteiger partial charge in [-0.25, -0.2) is 9.97 Å². The number of nitrogens with zero attached hydrogens (tertiary/aromatic N) is 2. The van der Waals surface area contributed by atoms with E-state index in [4.69, 9.17) is 16.3 Å². The maximum absolute atomic E-state index is 11.5. The SMILES string of the molecule is COCCNC(=O)CSc1nc2ncc(Cl)cc2[nH]1. The van der Waals surface area contributed by atoms with Gasteiger partial charge in [-0.3, -0.25) is 4.79 Å². The number of hydrogen-bond donors (Lipinski definition) is 2. The van der Waals surface area contributed by atoms with Crippen molar-refractivity contribution in [1.82, 2.24) is 20.3 Å². The van der Waals surface area contributed by atoms with Crippen LogP contribution in [0.15, 0.2) is 17.4 Å². The van der Waals surface area contributed by atoms with Gasteiger partial charge in [-0.2, -0.15) is 0 Å². The van der Waals surface area contributed by atoms with Crippen LogP contribution in [0.3, 0.4) is 0 Å². The number of H-pyrrole nitrogens is 1. The van der Waals surface area contributed by atoms with E-state index in [0.29, 0.717) is 29.0 Å². The molecule has 2 aromatic rings. The molecule has 0 unspecified atom stereocenters. The molecule has 0 saturated carbocycles. The van der Waals surface area contributed by atoms with Gasteiger partial charge in [0.05, 0.1) is 22.9 Å². The second kappa shape index (κ2) is 6.74. The van der Waals surface area contributed by atoms with Crippen molar-refractivity contribution in [2.24, 2.45) is 0 Å². The van der Waals surface area contributed by atoms with Crippen LogP contribution in [0.4, 0.5) is 0 Å². The van der Waals surface area contributed by atoms with Gasteiger partial charge in [-0.15, -0.1) is 0 Å². The molecule has 19 heavy (non-hydrogen) atoms. The number of nitrogens with one attached hydrogen (secondary N) is 2. The average molecular weight is 301 g/mol. The minimum Gasteiger partial charge on any atom is -0.383 e. The maximum Gasteiger partial charge on any atom is 0.230 e. The van der Waals surface area contributed by atoms with Gasteiger partial charge in [0.15, 0.2) is 10.8 Å². The molecule has 2 N–H and O–H groups in total. The molecule has 0 aliphatic heterocycles. The van der Waals surface area contributed by atoms with Crippen molar-refractivity contribution in [2.45, 2.75) is 5.16 Å². The predicted octanol–water partition coefficient (Wildman–Crippen LogP) is 1.47. The molecule has 2 rings (SSSR count). The quantitative estimate of drug-likeness (QED) is 0.624. The molecular weight excluding hydrogens is 288 g/mol. The van der Waals surface area contributed by atoms with E-state index in [1.165, 1.54) is 18.0 Å². The van der Waals surface area contributed by atoms with Gasteiger partial charge >= 0.3 is 0 Å². The smallest absolute Gasteiger partial charge is 0.230 e. The van der Waals surface area contributed by atoms with Crippen LogP contribution in [0.2, 0.25) is 5.02 Å². The van der Waals surface area contributed by atoms with E-state index in [1.807, 2.05) is 0 Å². The van der Waals surface area contributed by atoms with Crippen molar-refractivity contribution in [1.29, 1.82) is 0 Å². The van der Waals surface area contributed by atoms with Gasteiger partial charge in [0, 0.05) is 19.9 Å². The molecule has 0 saturated heterocycles. The van der Waals surface area contributed by atoms with Crippen molar-refractivity contribution < 1.29 is 9.53 Å². The Bertz CT molecular complexity index is 575. The standard InChI is InChI=1S/C11H13ClN4O2S/c1-18-3-2-13-9(17)6-19-11-15-8-4-7(12)5-14-10(8)16-11/h4-5H,2-3,6H2,1H3,(H,13,17)(H,14,15,16). The normalized spacial score (nSPS) is 10.8. The third kappa shape index (κ3) is 4.09. The summed E-state index contributed by atoms with van der Waals surface area (Å²) in [5.41, 5.74) is 1.35. The Balaban J connectivity index is 1.89. The summed E-state index contributed by atoms with van der Waals surface area (Å²) in [5, 5.41) is 3.92. The number of thioether (sulfide) groups is 1. The molecular formula is C11H13ClN4O2S. The average Bonchev–Trinajstić information content (AvgIpc) is 2.78. The molecule has 0 aliphatic carbocycles. The molecule has 1 amide bonds. The Kier molecular flexibility index (Phi) is 5.00. The molecule has 0 bridgehead atoms. The first-order valence-corrected chi connectivity index (χ1v) is 6.95. The lowest BCUT2D eigenvalue weighted by Crippen LogP contribution is -2.28. The van der Waals surface area contributed by atoms with E-state index in [2.05, 4.69) is 20.3 Å². The molecule has 0 spiro atoms. The van der Waals surface area contributed by atoms with Crippen molar-refractivity contribution in [3.63, 3.8) is 0 Å². The minimum atomic E-state index is -0.0616. The topological polar surface area (TPSA) is 79.9 Å². The molecule has 102 valence electrons. The summed E-state index contributed by atoms with van der Waals surface area (Å²) in [6.45, 7) is 1.01. The second-order valence-electron chi connectivity index (χ2n) is 3.70. The number of carbonyl (C=O) groups is 1. The Labute approximate surface area is 119 Å². The van der Waals surface area contributed by atoms with E-state index in [0.717, 1.165) is 5.52 Å². The second-order valence-corrected chi connectivity index (χ2v) is 5.10. The fourth-order valence-electron chi connectivity index (χ4n) is 1.40. The number of halogens is 1. The summed E-state index contributed by atoms with van der Waals surface area (Å²) in [5.74, 6) is 0.227. The van der Waals surface area contributed by atoms with Crippen LogP contribution in [0.5, 0.6) is 0 Å². The van der Waals surface area contributed by atoms with Crippen LogP contribution in [-0.2, 0) is 9.53 Å². The molecule has 0 aliphatic rings. The molecule has 2 heterocycles. The Hall–Kier alpha value is -1.31. The van der Waals surface area contributed by atoms with Crippen LogP contribution in [0.25, 0.3) is 11.2 Å². The fraction of sp³-hybridized carbons (Fsp3) is 0.364. The number of pyridine rings is 1. The van der Waals surface area contributed by atoms with Gasteiger partial charge in [-0.05, 0) is 6.07 Å². The van der Waals surface area contributed by atoms with E-state index < -0.39 is 0 Å². The third-order valence-electron chi connectivity index (χ3n) is 2.25. The first kappa shape index (κ1) is 14.1. The fourth-order valence-corrected chi connectivity index (χ4v) is 2.26. The molecule has 0 aromatic carbocycles. The number of fused-ring (bicyclic) bond motifs is 1. The number of hydrogen-bond acceptors (Lipinski definition) is 5. The third-order valence-corrected chi connectivity index (χ3v) is 3.33. The highest BCUT2D eigenvalue weighted by Crippen LogP contribution is 2.20. The zero-order valence-electron chi connectivity index (χ0n) is 10.3. The summed E-state index contributed by atoms with van der Waals surface area (Å²) >= 11 is 7.15. The summed E-state index contributed by atoms with van der Waals surface area (Å²) in [7, 11) is 1.59. The summed E-state index contributed by atoms with van der Waals surface area (Å²) in [6, 6.07) is 1.75. The van der Waals surface area contributed by atoms with Gasteiger partial charge in [0.2, 0.25) is 5.91 Å². The summed E-state index contributed by atoms with van der Waals surface area (Å²) in [6.07, 6.45) is 1.54. The number of aromatic nitrogens is 3. The molecule has 0 radical (unpaired) electrons. The predicted molar refractivity (Wildman–Crippen MR) is 74.5 cm³/mol. The first-order valence-electron chi connectivity index (χ1n) is 5.58. The molecule has 0 atom stereocenters. The van der Waals surface area contributed by atoms with Crippen LogP contribution in [0, 0.1) is 0 Å². The van der Waals surface area contributed by atoms with Gasteiger partial charge in [-0.1, -0.05) is 23.4 Å². The summed E-state index contributed by atoms with van der Waals surface area (Å²) in [4.78, 5) is 22.9. The zero-order chi connectivity index (χ0) is 13.7. The number of amides is 1. The number of rotatable bonds is 6. The number of ether oxygens (including phenoxy) is 1. The number of aromatic amines is 1. The van der Waals surface area contributed by atoms with Gasteiger partial charge < -0.3 is 15.0 Å². The van der Waals surface area contributed by atoms with Crippen LogP contribution in [-0.4, -0.2) is 46.9 Å². The van der Waals surface area contributed by atoms with E-state index >= 15 is 0 Å². The van der Waals surface area contributed by atoms with Crippen molar-refractivity contribution >= 4 is 40.4 Å². The minimum absolute atomic E-state index is 0.0616. The van der Waals surface area contributed by atoms with E-state index in [9.17, 15) is 4.79 Å².